The number of hydrogen-bond donors (Lipinski definition) is 1. The average molecular weight is 303 g/mol. The molecule has 1 saturated heterocycles. The number of rotatable bonds is 8. The number of carbonyl (C=O) groups is 1. The summed E-state index contributed by atoms with van der Waals surface area (Å²) in [5.74, 6) is 1.59. The van der Waals surface area contributed by atoms with Crippen molar-refractivity contribution in [3.63, 3.8) is 0 Å². The van der Waals surface area contributed by atoms with E-state index in [4.69, 9.17) is 4.74 Å². The molecule has 1 N–H and O–H groups in total. The van der Waals surface area contributed by atoms with Crippen LogP contribution in [0.3, 0.4) is 0 Å². The van der Waals surface area contributed by atoms with Gasteiger partial charge < -0.3 is 15.0 Å². The quantitative estimate of drug-likeness (QED) is 0.748. The Morgan fingerprint density at radius 2 is 2.18 bits per heavy atom. The number of amides is 1. The zero-order chi connectivity index (χ0) is 15.2. The topological polar surface area (TPSA) is 54.5 Å². The van der Waals surface area contributed by atoms with Crippen molar-refractivity contribution < 1.29 is 9.53 Å². The number of nitrogens with one attached hydrogen (secondary N) is 1. The van der Waals surface area contributed by atoms with Crippen molar-refractivity contribution in [1.82, 2.24) is 10.3 Å². The lowest BCUT2D eigenvalue weighted by molar-refractivity contribution is 0.0937. The highest BCUT2D eigenvalue weighted by Gasteiger charge is 2.21. The van der Waals surface area contributed by atoms with Crippen LogP contribution in [0.5, 0.6) is 0 Å². The van der Waals surface area contributed by atoms with Gasteiger partial charge in [-0.05, 0) is 50.2 Å². The fourth-order valence-corrected chi connectivity index (χ4v) is 2.76. The molecule has 0 spiro atoms. The average Bonchev–Trinajstić information content (AvgIpc) is 3.21. The molecule has 2 heterocycles. The normalized spacial score (nSPS) is 17.7. The minimum atomic E-state index is -0.0304. The standard InChI is InChI=1S/C17H25N3O2/c21-17(19-9-4-12-22-13-14-6-7-14)15-5-3-8-18-16(15)20-10-1-2-11-20/h3,5,8,14H,1-2,4,6-7,9-13H2,(H,19,21). The SMILES string of the molecule is O=C(NCCCOCC1CC1)c1cccnc1N1CCCC1. The third-order valence-corrected chi connectivity index (χ3v) is 4.24. The van der Waals surface area contributed by atoms with Gasteiger partial charge in [-0.2, -0.15) is 0 Å². The number of carbonyl (C=O) groups excluding carboxylic acids is 1. The van der Waals surface area contributed by atoms with Crippen LogP contribution in [-0.4, -0.2) is 43.7 Å². The molecule has 5 heteroatoms. The second kappa shape index (κ2) is 7.58. The summed E-state index contributed by atoms with van der Waals surface area (Å²) < 4.78 is 5.58. The molecule has 0 atom stereocenters. The summed E-state index contributed by atoms with van der Waals surface area (Å²) in [5.41, 5.74) is 0.684. The molecule has 1 aliphatic heterocycles. The summed E-state index contributed by atoms with van der Waals surface area (Å²) in [7, 11) is 0. The van der Waals surface area contributed by atoms with Gasteiger partial charge in [0.1, 0.15) is 5.82 Å². The van der Waals surface area contributed by atoms with E-state index in [1.165, 1.54) is 25.7 Å². The molecular formula is C17H25N3O2. The first-order valence-electron chi connectivity index (χ1n) is 8.40. The van der Waals surface area contributed by atoms with Gasteiger partial charge >= 0.3 is 0 Å². The Bertz CT molecular complexity index is 496. The molecule has 1 saturated carbocycles. The number of ether oxygens (including phenoxy) is 1. The summed E-state index contributed by atoms with van der Waals surface area (Å²) in [5, 5.41) is 2.98. The molecule has 2 fully saturated rings. The maximum absolute atomic E-state index is 12.4. The van der Waals surface area contributed by atoms with E-state index in [1.807, 2.05) is 12.1 Å². The van der Waals surface area contributed by atoms with Crippen LogP contribution < -0.4 is 10.2 Å². The molecule has 120 valence electrons. The highest BCUT2D eigenvalue weighted by atomic mass is 16.5. The third-order valence-electron chi connectivity index (χ3n) is 4.24. The monoisotopic (exact) mass is 303 g/mol. The van der Waals surface area contributed by atoms with E-state index in [0.29, 0.717) is 12.1 Å². The van der Waals surface area contributed by atoms with Crippen LogP contribution in [0.4, 0.5) is 5.82 Å². The first-order chi connectivity index (χ1) is 10.8. The van der Waals surface area contributed by atoms with E-state index in [2.05, 4.69) is 15.2 Å². The lowest BCUT2D eigenvalue weighted by Gasteiger charge is -2.19. The first kappa shape index (κ1) is 15.3. The summed E-state index contributed by atoms with van der Waals surface area (Å²) >= 11 is 0. The van der Waals surface area contributed by atoms with Gasteiger partial charge in [-0.3, -0.25) is 4.79 Å². The van der Waals surface area contributed by atoms with Crippen LogP contribution in [0.2, 0.25) is 0 Å². The van der Waals surface area contributed by atoms with Crippen LogP contribution in [0, 0.1) is 5.92 Å². The van der Waals surface area contributed by atoms with Gasteiger partial charge in [0.15, 0.2) is 0 Å². The van der Waals surface area contributed by atoms with E-state index < -0.39 is 0 Å². The Morgan fingerprint density at radius 3 is 2.95 bits per heavy atom. The smallest absolute Gasteiger partial charge is 0.255 e. The Morgan fingerprint density at radius 1 is 1.36 bits per heavy atom. The lowest BCUT2D eigenvalue weighted by atomic mass is 10.2. The second-order valence-electron chi connectivity index (χ2n) is 6.20. The number of pyridine rings is 1. The van der Waals surface area contributed by atoms with Crippen molar-refractivity contribution in [2.24, 2.45) is 5.92 Å². The fraction of sp³-hybridized carbons (Fsp3) is 0.647. The van der Waals surface area contributed by atoms with E-state index in [0.717, 1.165) is 44.5 Å². The van der Waals surface area contributed by atoms with Crippen LogP contribution in [0.25, 0.3) is 0 Å². The van der Waals surface area contributed by atoms with E-state index in [-0.39, 0.29) is 5.91 Å². The first-order valence-corrected chi connectivity index (χ1v) is 8.40. The van der Waals surface area contributed by atoms with Crippen molar-refractivity contribution >= 4 is 11.7 Å². The zero-order valence-corrected chi connectivity index (χ0v) is 13.1. The van der Waals surface area contributed by atoms with Crippen molar-refractivity contribution in [1.29, 1.82) is 0 Å². The van der Waals surface area contributed by atoms with Gasteiger partial charge in [-0.15, -0.1) is 0 Å². The van der Waals surface area contributed by atoms with Crippen molar-refractivity contribution in [2.45, 2.75) is 32.1 Å². The summed E-state index contributed by atoms with van der Waals surface area (Å²) in [6, 6.07) is 3.69. The van der Waals surface area contributed by atoms with E-state index in [9.17, 15) is 4.79 Å². The minimum absolute atomic E-state index is 0.0304. The molecule has 1 amide bonds. The molecular weight excluding hydrogens is 278 g/mol. The van der Waals surface area contributed by atoms with Gasteiger partial charge in [-0.1, -0.05) is 0 Å². The Labute approximate surface area is 132 Å². The van der Waals surface area contributed by atoms with Crippen molar-refractivity contribution in [2.75, 3.05) is 37.7 Å². The molecule has 0 radical (unpaired) electrons. The predicted molar refractivity (Wildman–Crippen MR) is 86.2 cm³/mol. The molecule has 1 aromatic heterocycles. The zero-order valence-electron chi connectivity index (χ0n) is 13.1. The Balaban J connectivity index is 1.44. The Hall–Kier alpha value is -1.62. The maximum Gasteiger partial charge on any atom is 0.255 e. The lowest BCUT2D eigenvalue weighted by Crippen LogP contribution is -2.29. The highest BCUT2D eigenvalue weighted by molar-refractivity contribution is 5.98. The molecule has 5 nitrogen and oxygen atoms in total. The van der Waals surface area contributed by atoms with E-state index >= 15 is 0 Å². The molecule has 0 aromatic carbocycles. The predicted octanol–water partition coefficient (Wildman–Crippen LogP) is 2.23. The molecule has 1 aliphatic carbocycles. The van der Waals surface area contributed by atoms with Gasteiger partial charge in [0.05, 0.1) is 5.56 Å². The van der Waals surface area contributed by atoms with Crippen LogP contribution in [-0.2, 0) is 4.74 Å². The highest BCUT2D eigenvalue weighted by Crippen LogP contribution is 2.28. The molecule has 1 aromatic rings. The van der Waals surface area contributed by atoms with Crippen molar-refractivity contribution in [3.8, 4) is 0 Å². The largest absolute Gasteiger partial charge is 0.381 e. The molecule has 2 aliphatic rings. The van der Waals surface area contributed by atoms with E-state index in [1.54, 1.807) is 6.20 Å². The molecule has 0 unspecified atom stereocenters. The number of nitrogens with zero attached hydrogens (tertiary/aromatic N) is 2. The summed E-state index contributed by atoms with van der Waals surface area (Å²) in [4.78, 5) is 19.0. The number of aromatic nitrogens is 1. The number of hydrogen-bond acceptors (Lipinski definition) is 4. The third kappa shape index (κ3) is 4.19. The van der Waals surface area contributed by atoms with Gasteiger partial charge in [0, 0.05) is 39.0 Å². The summed E-state index contributed by atoms with van der Waals surface area (Å²) in [6.45, 7) is 4.24. The van der Waals surface area contributed by atoms with Crippen LogP contribution in [0.15, 0.2) is 18.3 Å². The number of anilines is 1. The van der Waals surface area contributed by atoms with Gasteiger partial charge in [-0.25, -0.2) is 4.98 Å². The maximum atomic E-state index is 12.4. The van der Waals surface area contributed by atoms with Crippen LogP contribution in [0.1, 0.15) is 42.5 Å². The minimum Gasteiger partial charge on any atom is -0.381 e. The molecule has 3 rings (SSSR count). The molecule has 22 heavy (non-hydrogen) atoms. The van der Waals surface area contributed by atoms with Gasteiger partial charge in [0.2, 0.25) is 0 Å². The molecule has 0 bridgehead atoms. The second-order valence-corrected chi connectivity index (χ2v) is 6.20. The summed E-state index contributed by atoms with van der Waals surface area (Å²) in [6.07, 6.45) is 7.61. The van der Waals surface area contributed by atoms with Gasteiger partial charge in [0.25, 0.3) is 5.91 Å². The van der Waals surface area contributed by atoms with Crippen LogP contribution >= 0.6 is 0 Å². The fourth-order valence-electron chi connectivity index (χ4n) is 2.76. The van der Waals surface area contributed by atoms with Crippen molar-refractivity contribution in [3.05, 3.63) is 23.9 Å². The Kier molecular flexibility index (Phi) is 5.27.